The fourth-order valence-electron chi connectivity index (χ4n) is 2.53. The molecule has 0 saturated carbocycles. The fourth-order valence-corrected chi connectivity index (χ4v) is 2.93. The highest BCUT2D eigenvalue weighted by atomic mass is 35.5. The van der Waals surface area contributed by atoms with Crippen molar-refractivity contribution in [1.29, 1.82) is 0 Å². The molecule has 0 bridgehead atoms. The van der Waals surface area contributed by atoms with Gasteiger partial charge < -0.3 is 10.5 Å². The average molecular weight is 275 g/mol. The van der Waals surface area contributed by atoms with Gasteiger partial charge in [0.2, 0.25) is 0 Å². The molecule has 0 spiro atoms. The first kappa shape index (κ1) is 12.5. The van der Waals surface area contributed by atoms with Crippen LogP contribution in [0.15, 0.2) is 36.5 Å². The van der Waals surface area contributed by atoms with Crippen LogP contribution in [0.5, 0.6) is 5.75 Å². The zero-order chi connectivity index (χ0) is 13.5. The Kier molecular flexibility index (Phi) is 2.96. The number of hydrogen-bond acceptors (Lipinski definition) is 3. The molecule has 3 nitrogen and oxygen atoms in total. The number of aromatic nitrogens is 1. The largest absolute Gasteiger partial charge is 0.491 e. The molecule has 1 aliphatic heterocycles. The number of rotatable bonds is 1. The van der Waals surface area contributed by atoms with E-state index in [1.54, 1.807) is 6.20 Å². The summed E-state index contributed by atoms with van der Waals surface area (Å²) < 4.78 is 5.62. The summed E-state index contributed by atoms with van der Waals surface area (Å²) >= 11 is 6.37. The summed E-state index contributed by atoms with van der Waals surface area (Å²) in [5.41, 5.74) is 8.71. The molecule has 1 atom stereocenters. The van der Waals surface area contributed by atoms with Gasteiger partial charge in [0.05, 0.1) is 12.1 Å². The molecule has 1 aliphatic rings. The monoisotopic (exact) mass is 274 g/mol. The number of nitrogens with two attached hydrogens (primary N) is 1. The van der Waals surface area contributed by atoms with Gasteiger partial charge in [0, 0.05) is 17.6 Å². The Hall–Kier alpha value is -1.58. The van der Waals surface area contributed by atoms with Crippen molar-refractivity contribution in [2.45, 2.75) is 18.9 Å². The van der Waals surface area contributed by atoms with Crippen molar-refractivity contribution < 1.29 is 4.74 Å². The average Bonchev–Trinajstić information content (AvgIpc) is 2.39. The summed E-state index contributed by atoms with van der Waals surface area (Å²) in [6.07, 6.45) is 2.40. The zero-order valence-corrected chi connectivity index (χ0v) is 11.4. The van der Waals surface area contributed by atoms with E-state index < -0.39 is 5.54 Å². The van der Waals surface area contributed by atoms with E-state index in [-0.39, 0.29) is 0 Å². The third-order valence-electron chi connectivity index (χ3n) is 3.55. The Bertz CT molecular complexity index is 629. The van der Waals surface area contributed by atoms with Gasteiger partial charge in [-0.15, -0.1) is 0 Å². The van der Waals surface area contributed by atoms with Crippen molar-refractivity contribution in [3.05, 3.63) is 58.4 Å². The summed E-state index contributed by atoms with van der Waals surface area (Å²) in [7, 11) is 0. The van der Waals surface area contributed by atoms with Gasteiger partial charge in [-0.05, 0) is 36.2 Å². The Labute approximate surface area is 117 Å². The Morgan fingerprint density at radius 2 is 2.21 bits per heavy atom. The standard InChI is InChI=1S/C15H15ClN2O/c1-10-4-5-11(12(16)9-10)15(17)6-8-19-13-3-2-7-18-14(13)15/h2-5,7,9H,6,8,17H2,1H3/t15-/m0/s1. The molecule has 0 aliphatic carbocycles. The second kappa shape index (κ2) is 4.51. The maximum Gasteiger partial charge on any atom is 0.143 e. The molecule has 2 heterocycles. The molecule has 19 heavy (non-hydrogen) atoms. The van der Waals surface area contributed by atoms with Gasteiger partial charge in [-0.1, -0.05) is 23.7 Å². The Morgan fingerprint density at radius 3 is 3.00 bits per heavy atom. The highest BCUT2D eigenvalue weighted by Crippen LogP contribution is 2.40. The molecule has 2 N–H and O–H groups in total. The number of hydrogen-bond donors (Lipinski definition) is 1. The van der Waals surface area contributed by atoms with Crippen molar-refractivity contribution in [2.24, 2.45) is 5.73 Å². The van der Waals surface area contributed by atoms with Gasteiger partial charge in [0.15, 0.2) is 0 Å². The van der Waals surface area contributed by atoms with Crippen molar-refractivity contribution >= 4 is 11.6 Å². The van der Waals surface area contributed by atoms with Gasteiger partial charge in [-0.2, -0.15) is 0 Å². The van der Waals surface area contributed by atoms with E-state index >= 15 is 0 Å². The molecular weight excluding hydrogens is 260 g/mol. The lowest BCUT2D eigenvalue weighted by atomic mass is 9.82. The second-order valence-electron chi connectivity index (χ2n) is 4.90. The first-order chi connectivity index (χ1) is 9.11. The minimum absolute atomic E-state index is 0.569. The lowest BCUT2D eigenvalue weighted by Gasteiger charge is -2.35. The van der Waals surface area contributed by atoms with E-state index in [2.05, 4.69) is 4.98 Å². The lowest BCUT2D eigenvalue weighted by molar-refractivity contribution is 0.232. The number of pyridine rings is 1. The lowest BCUT2D eigenvalue weighted by Crippen LogP contribution is -2.43. The van der Waals surface area contributed by atoms with E-state index in [9.17, 15) is 0 Å². The molecule has 0 saturated heterocycles. The summed E-state index contributed by atoms with van der Waals surface area (Å²) in [5.74, 6) is 0.743. The van der Waals surface area contributed by atoms with Crippen LogP contribution >= 0.6 is 11.6 Å². The number of ether oxygens (including phenoxy) is 1. The molecule has 2 aromatic rings. The molecule has 1 aromatic heterocycles. The molecule has 0 radical (unpaired) electrons. The predicted molar refractivity (Wildman–Crippen MR) is 75.5 cm³/mol. The van der Waals surface area contributed by atoms with Crippen LogP contribution in [-0.4, -0.2) is 11.6 Å². The topological polar surface area (TPSA) is 48.1 Å². The van der Waals surface area contributed by atoms with Gasteiger partial charge in [-0.25, -0.2) is 0 Å². The van der Waals surface area contributed by atoms with Crippen LogP contribution in [-0.2, 0) is 5.54 Å². The molecule has 98 valence electrons. The van der Waals surface area contributed by atoms with Crippen LogP contribution in [0.25, 0.3) is 0 Å². The summed E-state index contributed by atoms with van der Waals surface area (Å²) in [6, 6.07) is 9.69. The first-order valence-electron chi connectivity index (χ1n) is 6.25. The predicted octanol–water partition coefficient (Wildman–Crippen LogP) is 3.03. The smallest absolute Gasteiger partial charge is 0.143 e. The van der Waals surface area contributed by atoms with Gasteiger partial charge in [0.1, 0.15) is 11.4 Å². The second-order valence-corrected chi connectivity index (χ2v) is 5.31. The SMILES string of the molecule is Cc1ccc([C@@]2(N)CCOc3cccnc32)c(Cl)c1. The quantitative estimate of drug-likeness (QED) is 0.870. The number of aryl methyl sites for hydroxylation is 1. The van der Waals surface area contributed by atoms with Crippen LogP contribution in [0.4, 0.5) is 0 Å². The minimum atomic E-state index is -0.681. The summed E-state index contributed by atoms with van der Waals surface area (Å²) in [6.45, 7) is 2.58. The zero-order valence-electron chi connectivity index (χ0n) is 10.7. The van der Waals surface area contributed by atoms with Crippen LogP contribution in [0, 0.1) is 6.92 Å². The molecular formula is C15H15ClN2O. The minimum Gasteiger partial charge on any atom is -0.491 e. The highest BCUT2D eigenvalue weighted by Gasteiger charge is 2.38. The van der Waals surface area contributed by atoms with Crippen LogP contribution in [0.3, 0.4) is 0 Å². The third kappa shape index (κ3) is 1.99. The van der Waals surface area contributed by atoms with Crippen molar-refractivity contribution in [1.82, 2.24) is 4.98 Å². The molecule has 3 rings (SSSR count). The third-order valence-corrected chi connectivity index (χ3v) is 3.87. The van der Waals surface area contributed by atoms with Crippen LogP contribution < -0.4 is 10.5 Å². The van der Waals surface area contributed by atoms with E-state index in [4.69, 9.17) is 22.1 Å². The first-order valence-corrected chi connectivity index (χ1v) is 6.63. The van der Waals surface area contributed by atoms with Gasteiger partial charge in [0.25, 0.3) is 0 Å². The van der Waals surface area contributed by atoms with Crippen LogP contribution in [0.1, 0.15) is 23.2 Å². The summed E-state index contributed by atoms with van der Waals surface area (Å²) in [5, 5.41) is 0.681. The Morgan fingerprint density at radius 1 is 1.37 bits per heavy atom. The summed E-state index contributed by atoms with van der Waals surface area (Å²) in [4.78, 5) is 4.40. The van der Waals surface area contributed by atoms with Crippen molar-refractivity contribution in [3.63, 3.8) is 0 Å². The van der Waals surface area contributed by atoms with E-state index in [0.29, 0.717) is 18.1 Å². The van der Waals surface area contributed by atoms with Crippen molar-refractivity contribution in [3.8, 4) is 5.75 Å². The molecule has 4 heteroatoms. The van der Waals surface area contributed by atoms with Gasteiger partial charge in [-0.3, -0.25) is 4.98 Å². The van der Waals surface area contributed by atoms with Crippen molar-refractivity contribution in [2.75, 3.05) is 6.61 Å². The maximum atomic E-state index is 6.62. The van der Waals surface area contributed by atoms with E-state index in [1.807, 2.05) is 37.3 Å². The van der Waals surface area contributed by atoms with E-state index in [0.717, 1.165) is 22.6 Å². The van der Waals surface area contributed by atoms with Gasteiger partial charge >= 0.3 is 0 Å². The number of nitrogens with zero attached hydrogens (tertiary/aromatic N) is 1. The fraction of sp³-hybridized carbons (Fsp3) is 0.267. The molecule has 0 amide bonds. The van der Waals surface area contributed by atoms with E-state index in [1.165, 1.54) is 0 Å². The number of halogens is 1. The molecule has 0 fully saturated rings. The maximum absolute atomic E-state index is 6.62. The van der Waals surface area contributed by atoms with Crippen LogP contribution in [0.2, 0.25) is 5.02 Å². The molecule has 1 aromatic carbocycles. The highest BCUT2D eigenvalue weighted by molar-refractivity contribution is 6.31. The Balaban J connectivity index is 2.19. The number of fused-ring (bicyclic) bond motifs is 1. The number of benzene rings is 1. The molecule has 0 unspecified atom stereocenters. The normalized spacial score (nSPS) is 21.6.